The summed E-state index contributed by atoms with van der Waals surface area (Å²) in [7, 11) is 0. The van der Waals surface area contributed by atoms with Gasteiger partial charge in [0.15, 0.2) is 0 Å². The minimum absolute atomic E-state index is 0.146. The molecule has 4 rings (SSSR count). The molecule has 0 aromatic heterocycles. The molecule has 1 spiro atoms. The van der Waals surface area contributed by atoms with Crippen molar-refractivity contribution in [1.29, 1.82) is 0 Å². The lowest BCUT2D eigenvalue weighted by atomic mass is 9.70. The highest BCUT2D eigenvalue weighted by molar-refractivity contribution is 14.1. The summed E-state index contributed by atoms with van der Waals surface area (Å²) in [5.41, 5.74) is 0.800. The summed E-state index contributed by atoms with van der Waals surface area (Å²) in [5.74, 6) is 0.441. The number of rotatable bonds is 0. The largest absolute Gasteiger partial charge is 0.461 e. The summed E-state index contributed by atoms with van der Waals surface area (Å²) in [5, 5.41) is 0. The van der Waals surface area contributed by atoms with Gasteiger partial charge in [0.05, 0.1) is 5.92 Å². The van der Waals surface area contributed by atoms with Crippen LogP contribution in [0.4, 0.5) is 0 Å². The zero-order valence-electron chi connectivity index (χ0n) is 8.67. The summed E-state index contributed by atoms with van der Waals surface area (Å²) in [4.78, 5) is 12.0. The molecule has 0 radical (unpaired) electrons. The third-order valence-electron chi connectivity index (χ3n) is 5.54. The van der Waals surface area contributed by atoms with Crippen LogP contribution in [0.5, 0.6) is 0 Å². The van der Waals surface area contributed by atoms with Gasteiger partial charge in [-0.15, -0.1) is 0 Å². The lowest BCUT2D eigenvalue weighted by molar-refractivity contribution is -0.157. The molecule has 5 atom stereocenters. The van der Waals surface area contributed by atoms with E-state index in [9.17, 15) is 4.79 Å². The molecule has 4 fully saturated rings. The average molecular weight is 318 g/mol. The van der Waals surface area contributed by atoms with E-state index in [0.29, 0.717) is 20.7 Å². The van der Waals surface area contributed by atoms with E-state index in [4.69, 9.17) is 4.74 Å². The Morgan fingerprint density at radius 2 is 1.87 bits per heavy atom. The Bertz CT molecular complexity index is 356. The molecule has 82 valence electrons. The zero-order valence-corrected chi connectivity index (χ0v) is 10.8. The van der Waals surface area contributed by atoms with Gasteiger partial charge in [-0.3, -0.25) is 4.79 Å². The number of carbonyl (C=O) groups excluding carboxylic acids is 1. The van der Waals surface area contributed by atoms with Crippen LogP contribution in [0.25, 0.3) is 0 Å². The highest BCUT2D eigenvalue weighted by Crippen LogP contribution is 2.83. The van der Waals surface area contributed by atoms with Crippen molar-refractivity contribution in [1.82, 2.24) is 0 Å². The van der Waals surface area contributed by atoms with Crippen LogP contribution in [0.1, 0.15) is 38.5 Å². The van der Waals surface area contributed by atoms with E-state index < -0.39 is 0 Å². The van der Waals surface area contributed by atoms with Gasteiger partial charge in [-0.2, -0.15) is 0 Å². The van der Waals surface area contributed by atoms with Crippen LogP contribution < -0.4 is 0 Å². The maximum absolute atomic E-state index is 12.0. The summed E-state index contributed by atoms with van der Waals surface area (Å²) >= 11 is 2.50. The van der Waals surface area contributed by atoms with Gasteiger partial charge in [0, 0.05) is 3.92 Å². The van der Waals surface area contributed by atoms with Gasteiger partial charge >= 0.3 is 5.97 Å². The minimum Gasteiger partial charge on any atom is -0.461 e. The maximum Gasteiger partial charge on any atom is 0.310 e. The molecule has 15 heavy (non-hydrogen) atoms. The first-order chi connectivity index (χ1) is 7.20. The predicted octanol–water partition coefficient (Wildman–Crippen LogP) is 2.69. The van der Waals surface area contributed by atoms with Crippen molar-refractivity contribution in [2.45, 2.75) is 48.6 Å². The number of hydrogen-bond donors (Lipinski definition) is 0. The van der Waals surface area contributed by atoms with E-state index in [-0.39, 0.29) is 12.1 Å². The van der Waals surface area contributed by atoms with Crippen LogP contribution in [0, 0.1) is 16.7 Å². The quantitative estimate of drug-likeness (QED) is 0.390. The van der Waals surface area contributed by atoms with Crippen molar-refractivity contribution < 1.29 is 9.53 Å². The lowest BCUT2D eigenvalue weighted by Crippen LogP contribution is -2.40. The summed E-state index contributed by atoms with van der Waals surface area (Å²) in [6, 6.07) is 0. The Kier molecular flexibility index (Phi) is 1.57. The minimum atomic E-state index is 0.146. The second kappa shape index (κ2) is 2.54. The lowest BCUT2D eigenvalue weighted by Gasteiger charge is -2.40. The zero-order chi connectivity index (χ0) is 10.3. The van der Waals surface area contributed by atoms with Gasteiger partial charge in [-0.1, -0.05) is 35.4 Å². The Morgan fingerprint density at radius 1 is 1.20 bits per heavy atom. The van der Waals surface area contributed by atoms with Gasteiger partial charge in [-0.25, -0.2) is 0 Å². The highest BCUT2D eigenvalue weighted by atomic mass is 127. The van der Waals surface area contributed by atoms with Crippen molar-refractivity contribution >= 4 is 28.6 Å². The van der Waals surface area contributed by atoms with Crippen molar-refractivity contribution in [2.24, 2.45) is 16.7 Å². The van der Waals surface area contributed by atoms with Crippen LogP contribution in [0.3, 0.4) is 0 Å². The van der Waals surface area contributed by atoms with Crippen molar-refractivity contribution in [2.75, 3.05) is 0 Å². The molecule has 3 aliphatic carbocycles. The first kappa shape index (κ1) is 9.25. The second-order valence-corrected chi connectivity index (χ2v) is 7.45. The van der Waals surface area contributed by atoms with Crippen LogP contribution in [-0.2, 0) is 9.53 Å². The molecule has 0 amide bonds. The highest BCUT2D eigenvalue weighted by Gasteiger charge is 2.83. The number of esters is 1. The number of alkyl halides is 1. The van der Waals surface area contributed by atoms with E-state index in [2.05, 4.69) is 22.6 Å². The molecule has 0 N–H and O–H groups in total. The Labute approximate surface area is 103 Å². The standard InChI is InChI=1S/C12H15IO2/c13-7-5-11-3-1-2-4-12(11)6-8(7)15-10(14)9(11)12/h7-9H,1-6H2/t7-,8+,9-,11+,12+/m1/s1. The molecule has 3 saturated carbocycles. The van der Waals surface area contributed by atoms with Crippen LogP contribution in [0.2, 0.25) is 0 Å². The average Bonchev–Trinajstić information content (AvgIpc) is 2.83. The second-order valence-electron chi connectivity index (χ2n) is 5.85. The van der Waals surface area contributed by atoms with E-state index in [0.717, 1.165) is 0 Å². The Balaban J connectivity index is 1.84. The van der Waals surface area contributed by atoms with Crippen LogP contribution in [-0.4, -0.2) is 16.0 Å². The Hall–Kier alpha value is 0.200. The smallest absolute Gasteiger partial charge is 0.310 e. The van der Waals surface area contributed by atoms with Crippen LogP contribution >= 0.6 is 22.6 Å². The third-order valence-corrected chi connectivity index (χ3v) is 6.78. The van der Waals surface area contributed by atoms with Crippen molar-refractivity contribution in [3.8, 4) is 0 Å². The first-order valence-corrected chi connectivity index (χ1v) is 7.29. The van der Waals surface area contributed by atoms with E-state index >= 15 is 0 Å². The molecule has 2 bridgehead atoms. The molecule has 2 nitrogen and oxygen atoms in total. The SMILES string of the molecule is O=C1O[C@H]2C[C@]34CCCC[C@]3(C[C@H]2I)[C@@H]14. The van der Waals surface area contributed by atoms with Gasteiger partial charge in [0.2, 0.25) is 0 Å². The molecule has 0 unspecified atom stereocenters. The van der Waals surface area contributed by atoms with E-state index in [1.54, 1.807) is 0 Å². The summed E-state index contributed by atoms with van der Waals surface area (Å²) in [6.45, 7) is 0. The Morgan fingerprint density at radius 3 is 2.60 bits per heavy atom. The molecule has 1 aliphatic heterocycles. The fourth-order valence-electron chi connectivity index (χ4n) is 5.00. The van der Waals surface area contributed by atoms with Gasteiger partial charge in [0.25, 0.3) is 0 Å². The van der Waals surface area contributed by atoms with E-state index in [1.807, 2.05) is 0 Å². The predicted molar refractivity (Wildman–Crippen MR) is 63.7 cm³/mol. The van der Waals surface area contributed by atoms with Gasteiger partial charge < -0.3 is 4.74 Å². The first-order valence-electron chi connectivity index (χ1n) is 6.04. The molecule has 4 aliphatic rings. The third kappa shape index (κ3) is 0.839. The molecular weight excluding hydrogens is 303 g/mol. The fourth-order valence-corrected chi connectivity index (χ4v) is 6.19. The number of halogens is 1. The van der Waals surface area contributed by atoms with Crippen LogP contribution in [0.15, 0.2) is 0 Å². The molecular formula is C12H15IO2. The van der Waals surface area contributed by atoms with Gasteiger partial charge in [0.1, 0.15) is 6.10 Å². The van der Waals surface area contributed by atoms with E-state index in [1.165, 1.54) is 38.5 Å². The normalized spacial score (nSPS) is 60.6. The monoisotopic (exact) mass is 318 g/mol. The number of ether oxygens (including phenoxy) is 1. The maximum atomic E-state index is 12.0. The molecule has 0 aromatic rings. The van der Waals surface area contributed by atoms with Crippen molar-refractivity contribution in [3.05, 3.63) is 0 Å². The molecule has 0 aromatic carbocycles. The molecule has 1 saturated heterocycles. The molecule has 3 heteroatoms. The number of hydrogen-bond acceptors (Lipinski definition) is 2. The summed E-state index contributed by atoms with van der Waals surface area (Å²) in [6.07, 6.45) is 7.92. The summed E-state index contributed by atoms with van der Waals surface area (Å²) < 4.78 is 6.15. The number of fused-ring (bicyclic) bond motifs is 1. The van der Waals surface area contributed by atoms with Crippen molar-refractivity contribution in [3.63, 3.8) is 0 Å². The number of carbonyl (C=O) groups is 1. The topological polar surface area (TPSA) is 26.3 Å². The van der Waals surface area contributed by atoms with Gasteiger partial charge in [-0.05, 0) is 36.5 Å². The fraction of sp³-hybridized carbons (Fsp3) is 0.917. The molecule has 1 heterocycles.